The predicted molar refractivity (Wildman–Crippen MR) is 84.3 cm³/mol. The van der Waals surface area contributed by atoms with Crippen LogP contribution in [0.3, 0.4) is 0 Å². The Hall–Kier alpha value is -1.29. The van der Waals surface area contributed by atoms with E-state index in [-0.39, 0.29) is 0 Å². The van der Waals surface area contributed by atoms with Crippen LogP contribution in [0.25, 0.3) is 11.1 Å². The summed E-state index contributed by atoms with van der Waals surface area (Å²) in [6.07, 6.45) is 4.12. The zero-order chi connectivity index (χ0) is 13.9. The Morgan fingerprint density at radius 2 is 1.85 bits per heavy atom. The summed E-state index contributed by atoms with van der Waals surface area (Å²) in [7, 11) is 1.94. The first-order chi connectivity index (χ1) is 9.66. The Bertz CT molecular complexity index is 649. The quantitative estimate of drug-likeness (QED) is 0.905. The van der Waals surface area contributed by atoms with Crippen molar-refractivity contribution < 1.29 is 0 Å². The third-order valence-corrected chi connectivity index (χ3v) is 5.50. The summed E-state index contributed by atoms with van der Waals surface area (Å²) >= 11 is 3.49. The molecule has 2 aliphatic carbocycles. The van der Waals surface area contributed by atoms with Crippen LogP contribution < -0.4 is 5.73 Å². The summed E-state index contributed by atoms with van der Waals surface area (Å²) in [6.45, 7) is 0. The monoisotopic (exact) mass is 331 g/mol. The van der Waals surface area contributed by atoms with Gasteiger partial charge in [0.25, 0.3) is 0 Å². The van der Waals surface area contributed by atoms with Crippen molar-refractivity contribution in [2.24, 2.45) is 18.9 Å². The fraction of sp³-hybridized carbons (Fsp3) is 0.438. The summed E-state index contributed by atoms with van der Waals surface area (Å²) in [5, 5.41) is 4.73. The van der Waals surface area contributed by atoms with E-state index in [1.807, 2.05) is 11.7 Å². The highest BCUT2D eigenvalue weighted by molar-refractivity contribution is 9.10. The molecule has 0 radical (unpaired) electrons. The molecule has 2 saturated carbocycles. The van der Waals surface area contributed by atoms with Crippen molar-refractivity contribution in [2.45, 2.75) is 25.2 Å². The second-order valence-electron chi connectivity index (χ2n) is 6.06. The van der Waals surface area contributed by atoms with Gasteiger partial charge >= 0.3 is 0 Å². The predicted octanol–water partition coefficient (Wildman–Crippen LogP) is 3.95. The molecule has 0 bridgehead atoms. The molecular weight excluding hydrogens is 314 g/mol. The molecule has 2 unspecified atom stereocenters. The molecule has 104 valence electrons. The van der Waals surface area contributed by atoms with Crippen molar-refractivity contribution in [1.29, 1.82) is 0 Å². The van der Waals surface area contributed by atoms with Gasteiger partial charge < -0.3 is 5.73 Å². The van der Waals surface area contributed by atoms with Crippen LogP contribution in [0, 0.1) is 11.8 Å². The number of aromatic nitrogens is 2. The van der Waals surface area contributed by atoms with Gasteiger partial charge in [-0.05, 0) is 42.4 Å². The zero-order valence-corrected chi connectivity index (χ0v) is 13.1. The number of nitrogens with zero attached hydrogens (tertiary/aromatic N) is 2. The van der Waals surface area contributed by atoms with E-state index in [1.54, 1.807) is 0 Å². The van der Waals surface area contributed by atoms with Gasteiger partial charge in [0.15, 0.2) is 0 Å². The van der Waals surface area contributed by atoms with Crippen LogP contribution in [0.5, 0.6) is 0 Å². The van der Waals surface area contributed by atoms with Crippen LogP contribution in [0.4, 0.5) is 5.82 Å². The van der Waals surface area contributed by atoms with Crippen molar-refractivity contribution in [1.82, 2.24) is 9.78 Å². The lowest BCUT2D eigenvalue weighted by Gasteiger charge is -2.06. The zero-order valence-electron chi connectivity index (χ0n) is 11.5. The minimum absolute atomic E-state index is 0.644. The molecule has 0 spiro atoms. The summed E-state index contributed by atoms with van der Waals surface area (Å²) in [5.74, 6) is 3.15. The van der Waals surface area contributed by atoms with Crippen molar-refractivity contribution >= 4 is 21.7 Å². The highest BCUT2D eigenvalue weighted by atomic mass is 79.9. The van der Waals surface area contributed by atoms with E-state index in [0.717, 1.165) is 27.7 Å². The Balaban J connectivity index is 1.80. The second-order valence-corrected chi connectivity index (χ2v) is 6.98. The van der Waals surface area contributed by atoms with E-state index in [4.69, 9.17) is 10.8 Å². The van der Waals surface area contributed by atoms with Crippen molar-refractivity contribution in [3.05, 3.63) is 34.4 Å². The SMILES string of the molecule is Cn1nc(C2C3CCCC32)c(-c2ccc(Br)cc2)c1N. The normalized spacial score (nSPS) is 27.6. The maximum Gasteiger partial charge on any atom is 0.129 e. The number of hydrogen-bond acceptors (Lipinski definition) is 2. The van der Waals surface area contributed by atoms with E-state index in [2.05, 4.69) is 40.2 Å². The number of anilines is 1. The summed E-state index contributed by atoms with van der Waals surface area (Å²) < 4.78 is 2.93. The summed E-state index contributed by atoms with van der Waals surface area (Å²) in [4.78, 5) is 0. The Morgan fingerprint density at radius 1 is 1.20 bits per heavy atom. The first-order valence-electron chi connectivity index (χ1n) is 7.25. The Labute approximate surface area is 127 Å². The molecule has 1 aromatic carbocycles. The molecular formula is C16H18BrN3. The number of rotatable bonds is 2. The molecule has 1 aromatic heterocycles. The van der Waals surface area contributed by atoms with Crippen LogP contribution in [0.15, 0.2) is 28.7 Å². The fourth-order valence-electron chi connectivity index (χ4n) is 3.93. The maximum atomic E-state index is 6.28. The highest BCUT2D eigenvalue weighted by Crippen LogP contribution is 2.64. The Morgan fingerprint density at radius 3 is 2.50 bits per heavy atom. The van der Waals surface area contributed by atoms with Crippen LogP contribution in [-0.2, 0) is 7.05 Å². The van der Waals surface area contributed by atoms with Gasteiger partial charge in [-0.25, -0.2) is 0 Å². The third kappa shape index (κ3) is 1.74. The van der Waals surface area contributed by atoms with Crippen molar-refractivity contribution in [3.8, 4) is 11.1 Å². The van der Waals surface area contributed by atoms with E-state index in [0.29, 0.717) is 5.92 Å². The lowest BCUT2D eigenvalue weighted by Crippen LogP contribution is -1.98. The van der Waals surface area contributed by atoms with Crippen molar-refractivity contribution in [2.75, 3.05) is 5.73 Å². The number of nitrogen functional groups attached to an aromatic ring is 1. The first kappa shape index (κ1) is 12.5. The van der Waals surface area contributed by atoms with Gasteiger partial charge in [0.2, 0.25) is 0 Å². The van der Waals surface area contributed by atoms with Crippen LogP contribution in [0.1, 0.15) is 30.9 Å². The number of aryl methyl sites for hydroxylation is 1. The van der Waals surface area contributed by atoms with Crippen LogP contribution >= 0.6 is 15.9 Å². The number of hydrogen-bond donors (Lipinski definition) is 1. The standard InChI is InChI=1S/C16H18BrN3/c1-20-16(18)13(9-5-7-10(17)8-6-9)15(19-20)14-11-3-2-4-12(11)14/h5-8,11-12,14H,2-4,18H2,1H3. The minimum Gasteiger partial charge on any atom is -0.383 e. The largest absolute Gasteiger partial charge is 0.383 e. The molecule has 0 aliphatic heterocycles. The van der Waals surface area contributed by atoms with E-state index in [9.17, 15) is 0 Å². The summed E-state index contributed by atoms with van der Waals surface area (Å²) in [6, 6.07) is 8.39. The molecule has 0 saturated heterocycles. The van der Waals surface area contributed by atoms with E-state index in [1.165, 1.54) is 30.5 Å². The highest BCUT2D eigenvalue weighted by Gasteiger charge is 2.55. The van der Waals surface area contributed by atoms with Gasteiger partial charge in [-0.15, -0.1) is 0 Å². The molecule has 20 heavy (non-hydrogen) atoms. The van der Waals surface area contributed by atoms with Crippen LogP contribution in [0.2, 0.25) is 0 Å². The van der Waals surface area contributed by atoms with E-state index < -0.39 is 0 Å². The molecule has 2 fully saturated rings. The lowest BCUT2D eigenvalue weighted by atomic mass is 9.99. The van der Waals surface area contributed by atoms with Gasteiger partial charge in [0, 0.05) is 23.0 Å². The molecule has 3 nitrogen and oxygen atoms in total. The molecule has 4 heteroatoms. The molecule has 2 N–H and O–H groups in total. The lowest BCUT2D eigenvalue weighted by molar-refractivity contribution is 0.655. The molecule has 0 amide bonds. The Kier molecular flexibility index (Phi) is 2.71. The summed E-state index contributed by atoms with van der Waals surface area (Å²) in [5.41, 5.74) is 9.83. The van der Waals surface area contributed by atoms with Crippen LogP contribution in [-0.4, -0.2) is 9.78 Å². The third-order valence-electron chi connectivity index (χ3n) is 4.97. The molecule has 1 heterocycles. The van der Waals surface area contributed by atoms with E-state index >= 15 is 0 Å². The molecule has 2 atom stereocenters. The minimum atomic E-state index is 0.644. The van der Waals surface area contributed by atoms with Crippen molar-refractivity contribution in [3.63, 3.8) is 0 Å². The van der Waals surface area contributed by atoms with Gasteiger partial charge in [0.05, 0.1) is 5.69 Å². The molecule has 2 aliphatic rings. The fourth-order valence-corrected chi connectivity index (χ4v) is 4.20. The molecule has 4 rings (SSSR count). The average Bonchev–Trinajstić information content (AvgIpc) is 2.78. The average molecular weight is 332 g/mol. The number of benzene rings is 1. The topological polar surface area (TPSA) is 43.8 Å². The molecule has 2 aromatic rings. The first-order valence-corrected chi connectivity index (χ1v) is 8.04. The van der Waals surface area contributed by atoms with Gasteiger partial charge in [-0.2, -0.15) is 5.10 Å². The van der Waals surface area contributed by atoms with Gasteiger partial charge in [-0.3, -0.25) is 4.68 Å². The number of halogens is 1. The maximum absolute atomic E-state index is 6.28. The van der Waals surface area contributed by atoms with Gasteiger partial charge in [-0.1, -0.05) is 34.5 Å². The second kappa shape index (κ2) is 4.35. The van der Waals surface area contributed by atoms with Gasteiger partial charge in [0.1, 0.15) is 5.82 Å². The number of fused-ring (bicyclic) bond motifs is 1. The smallest absolute Gasteiger partial charge is 0.129 e. The number of nitrogens with two attached hydrogens (primary N) is 1.